The molecule has 0 fully saturated rings. The number of aromatic carboxylic acids is 1. The highest BCUT2D eigenvalue weighted by molar-refractivity contribution is 5.92. The summed E-state index contributed by atoms with van der Waals surface area (Å²) in [6.07, 6.45) is 1.90. The van der Waals surface area contributed by atoms with Crippen LogP contribution in [0.3, 0.4) is 0 Å². The van der Waals surface area contributed by atoms with Crippen LogP contribution in [0, 0.1) is 0 Å². The molecule has 2 rings (SSSR count). The minimum absolute atomic E-state index is 0.0732. The molecule has 0 radical (unpaired) electrons. The van der Waals surface area contributed by atoms with Gasteiger partial charge in [0.25, 0.3) is 0 Å². The Kier molecular flexibility index (Phi) is 4.11. The van der Waals surface area contributed by atoms with Crippen molar-refractivity contribution < 1.29 is 14.6 Å². The van der Waals surface area contributed by atoms with E-state index in [0.29, 0.717) is 12.1 Å². The lowest BCUT2D eigenvalue weighted by Crippen LogP contribution is -2.16. The molecule has 1 aromatic carbocycles. The summed E-state index contributed by atoms with van der Waals surface area (Å²) in [5.74, 6) is -0.951. The van der Waals surface area contributed by atoms with Crippen molar-refractivity contribution >= 4 is 17.0 Å². The highest BCUT2D eigenvalue weighted by Crippen LogP contribution is 2.21. The second kappa shape index (κ2) is 5.79. The lowest BCUT2D eigenvalue weighted by atomic mass is 10.1. The molecular formula is C13H17N3O3. The van der Waals surface area contributed by atoms with Gasteiger partial charge in [0.05, 0.1) is 23.7 Å². The summed E-state index contributed by atoms with van der Waals surface area (Å²) in [5, 5.41) is 17.2. The van der Waals surface area contributed by atoms with E-state index in [-0.39, 0.29) is 11.6 Å². The Morgan fingerprint density at radius 1 is 1.53 bits per heavy atom. The van der Waals surface area contributed by atoms with Crippen LogP contribution >= 0.6 is 0 Å². The van der Waals surface area contributed by atoms with E-state index >= 15 is 0 Å². The number of aromatic nitrogens is 3. The van der Waals surface area contributed by atoms with Crippen molar-refractivity contribution in [1.82, 2.24) is 15.0 Å². The maximum Gasteiger partial charge on any atom is 0.335 e. The molecule has 0 saturated carbocycles. The van der Waals surface area contributed by atoms with Gasteiger partial charge in [0.1, 0.15) is 5.52 Å². The summed E-state index contributed by atoms with van der Waals surface area (Å²) >= 11 is 0. The number of rotatable bonds is 6. The summed E-state index contributed by atoms with van der Waals surface area (Å²) in [6, 6.07) is 4.90. The van der Waals surface area contributed by atoms with Gasteiger partial charge < -0.3 is 9.84 Å². The molecule has 0 spiro atoms. The van der Waals surface area contributed by atoms with E-state index in [1.54, 1.807) is 23.9 Å². The zero-order valence-electron chi connectivity index (χ0n) is 11.0. The Morgan fingerprint density at radius 3 is 2.95 bits per heavy atom. The van der Waals surface area contributed by atoms with Crippen molar-refractivity contribution in [2.45, 2.75) is 25.8 Å². The SMILES string of the molecule is CCCC(COC)n1nnc2ccc(C(=O)O)cc21. The quantitative estimate of drug-likeness (QED) is 0.863. The minimum atomic E-state index is -0.951. The predicted octanol–water partition coefficient (Wildman–Crippen LogP) is 2.12. The third-order valence-electron chi connectivity index (χ3n) is 3.04. The molecule has 1 atom stereocenters. The number of nitrogens with zero attached hydrogens (tertiary/aromatic N) is 3. The van der Waals surface area contributed by atoms with Crippen molar-refractivity contribution in [1.29, 1.82) is 0 Å². The first-order valence-corrected chi connectivity index (χ1v) is 6.24. The average molecular weight is 263 g/mol. The third-order valence-corrected chi connectivity index (χ3v) is 3.04. The molecule has 0 aliphatic rings. The number of hydrogen-bond acceptors (Lipinski definition) is 4. The molecule has 0 amide bonds. The van der Waals surface area contributed by atoms with E-state index in [4.69, 9.17) is 9.84 Å². The molecule has 0 bridgehead atoms. The molecule has 0 aliphatic carbocycles. The molecule has 6 heteroatoms. The number of methoxy groups -OCH3 is 1. The van der Waals surface area contributed by atoms with E-state index in [1.807, 2.05) is 0 Å². The van der Waals surface area contributed by atoms with Gasteiger partial charge in [0.2, 0.25) is 0 Å². The minimum Gasteiger partial charge on any atom is -0.478 e. The van der Waals surface area contributed by atoms with Crippen LogP contribution in [0.5, 0.6) is 0 Å². The summed E-state index contributed by atoms with van der Waals surface area (Å²) in [5.41, 5.74) is 1.67. The maximum atomic E-state index is 11.0. The smallest absolute Gasteiger partial charge is 0.335 e. The number of benzene rings is 1. The van der Waals surface area contributed by atoms with Gasteiger partial charge in [-0.2, -0.15) is 0 Å². The fraction of sp³-hybridized carbons (Fsp3) is 0.462. The van der Waals surface area contributed by atoms with Gasteiger partial charge in [-0.15, -0.1) is 5.10 Å². The highest BCUT2D eigenvalue weighted by Gasteiger charge is 2.16. The van der Waals surface area contributed by atoms with Crippen molar-refractivity contribution in [2.75, 3.05) is 13.7 Å². The van der Waals surface area contributed by atoms with E-state index in [9.17, 15) is 4.79 Å². The van der Waals surface area contributed by atoms with E-state index in [2.05, 4.69) is 17.2 Å². The van der Waals surface area contributed by atoms with Crippen LogP contribution in [-0.2, 0) is 4.74 Å². The third kappa shape index (κ3) is 2.73. The predicted molar refractivity (Wildman–Crippen MR) is 70.3 cm³/mol. The Balaban J connectivity index is 2.46. The monoisotopic (exact) mass is 263 g/mol. The summed E-state index contributed by atoms with van der Waals surface area (Å²) in [6.45, 7) is 2.62. The van der Waals surface area contributed by atoms with Crippen LogP contribution < -0.4 is 0 Å². The zero-order chi connectivity index (χ0) is 13.8. The topological polar surface area (TPSA) is 77.2 Å². The fourth-order valence-electron chi connectivity index (χ4n) is 2.14. The first-order chi connectivity index (χ1) is 9.17. The molecule has 19 heavy (non-hydrogen) atoms. The first-order valence-electron chi connectivity index (χ1n) is 6.24. The molecule has 1 heterocycles. The van der Waals surface area contributed by atoms with Crippen molar-refractivity contribution in [3.8, 4) is 0 Å². The van der Waals surface area contributed by atoms with Crippen LogP contribution in [0.25, 0.3) is 11.0 Å². The first kappa shape index (κ1) is 13.5. The second-order valence-corrected chi connectivity index (χ2v) is 4.44. The number of carboxylic acids is 1. The summed E-state index contributed by atoms with van der Waals surface area (Å²) < 4.78 is 6.96. The molecule has 1 N–H and O–H groups in total. The lowest BCUT2D eigenvalue weighted by Gasteiger charge is -2.15. The van der Waals surface area contributed by atoms with E-state index < -0.39 is 5.97 Å². The van der Waals surface area contributed by atoms with Gasteiger partial charge >= 0.3 is 5.97 Å². The van der Waals surface area contributed by atoms with Gasteiger partial charge in [-0.1, -0.05) is 18.6 Å². The molecule has 1 aromatic heterocycles. The maximum absolute atomic E-state index is 11.0. The van der Waals surface area contributed by atoms with Crippen molar-refractivity contribution in [3.63, 3.8) is 0 Å². The van der Waals surface area contributed by atoms with Gasteiger partial charge in [0.15, 0.2) is 0 Å². The molecule has 1 unspecified atom stereocenters. The Bertz CT molecular complexity index is 574. The Labute approximate surface area is 111 Å². The molecule has 0 aliphatic heterocycles. The van der Waals surface area contributed by atoms with E-state index in [0.717, 1.165) is 18.4 Å². The lowest BCUT2D eigenvalue weighted by molar-refractivity contribution is 0.0697. The van der Waals surface area contributed by atoms with Crippen LogP contribution in [0.1, 0.15) is 36.2 Å². The molecular weight excluding hydrogens is 246 g/mol. The van der Waals surface area contributed by atoms with E-state index in [1.165, 1.54) is 6.07 Å². The molecule has 2 aromatic rings. The number of ether oxygens (including phenoxy) is 1. The number of hydrogen-bond donors (Lipinski definition) is 1. The van der Waals surface area contributed by atoms with Crippen LogP contribution in [-0.4, -0.2) is 39.8 Å². The van der Waals surface area contributed by atoms with Gasteiger partial charge in [0, 0.05) is 7.11 Å². The van der Waals surface area contributed by atoms with Crippen LogP contribution in [0.2, 0.25) is 0 Å². The molecule has 6 nitrogen and oxygen atoms in total. The zero-order valence-corrected chi connectivity index (χ0v) is 11.0. The van der Waals surface area contributed by atoms with Crippen molar-refractivity contribution in [2.24, 2.45) is 0 Å². The molecule has 0 saturated heterocycles. The summed E-state index contributed by atoms with van der Waals surface area (Å²) in [4.78, 5) is 11.0. The normalized spacial score (nSPS) is 12.7. The second-order valence-electron chi connectivity index (χ2n) is 4.44. The number of carboxylic acid groups (broad SMARTS) is 1. The van der Waals surface area contributed by atoms with Crippen molar-refractivity contribution in [3.05, 3.63) is 23.8 Å². The molecule has 102 valence electrons. The van der Waals surface area contributed by atoms with Crippen LogP contribution in [0.4, 0.5) is 0 Å². The van der Waals surface area contributed by atoms with Gasteiger partial charge in [-0.3, -0.25) is 0 Å². The van der Waals surface area contributed by atoms with Gasteiger partial charge in [-0.05, 0) is 24.6 Å². The fourth-order valence-corrected chi connectivity index (χ4v) is 2.14. The average Bonchev–Trinajstić information content (AvgIpc) is 2.81. The summed E-state index contributed by atoms with van der Waals surface area (Å²) in [7, 11) is 1.64. The van der Waals surface area contributed by atoms with Crippen LogP contribution in [0.15, 0.2) is 18.2 Å². The highest BCUT2D eigenvalue weighted by atomic mass is 16.5. The largest absolute Gasteiger partial charge is 0.478 e. The number of carbonyl (C=O) groups is 1. The Morgan fingerprint density at radius 2 is 2.32 bits per heavy atom. The Hall–Kier alpha value is -1.95. The number of fused-ring (bicyclic) bond motifs is 1. The van der Waals surface area contributed by atoms with Gasteiger partial charge in [-0.25, -0.2) is 9.48 Å². The standard InChI is InChI=1S/C13H17N3O3/c1-3-4-10(8-19-2)16-12-7-9(13(17)18)5-6-11(12)14-15-16/h5-7,10H,3-4,8H2,1-2H3,(H,17,18).